The summed E-state index contributed by atoms with van der Waals surface area (Å²) in [5, 5.41) is 6.00. The first-order valence-corrected chi connectivity index (χ1v) is 11.0. The minimum Gasteiger partial charge on any atom is -0.338 e. The molecule has 5 heteroatoms. The van der Waals surface area contributed by atoms with E-state index in [-0.39, 0.29) is 6.03 Å². The second kappa shape index (κ2) is 11.8. The van der Waals surface area contributed by atoms with Crippen molar-refractivity contribution in [3.05, 3.63) is 0 Å². The van der Waals surface area contributed by atoms with Gasteiger partial charge in [-0.15, -0.1) is 0 Å². The van der Waals surface area contributed by atoms with Gasteiger partial charge in [0.15, 0.2) is 0 Å². The Morgan fingerprint density at radius 1 is 0.923 bits per heavy atom. The highest BCUT2D eigenvalue weighted by molar-refractivity contribution is 5.73. The van der Waals surface area contributed by atoms with E-state index >= 15 is 0 Å². The van der Waals surface area contributed by atoms with Gasteiger partial charge in [-0.25, -0.2) is 4.79 Å². The first kappa shape index (κ1) is 21.5. The highest BCUT2D eigenvalue weighted by Crippen LogP contribution is 2.21. The second-order valence-electron chi connectivity index (χ2n) is 8.83. The van der Waals surface area contributed by atoms with E-state index in [0.29, 0.717) is 6.04 Å². The largest absolute Gasteiger partial charge is 0.338 e. The number of rotatable bonds is 9. The molecular formula is C21H42N4O. The lowest BCUT2D eigenvalue weighted by Gasteiger charge is -2.34. The third-order valence-electron chi connectivity index (χ3n) is 5.98. The molecule has 0 aliphatic carbocycles. The van der Waals surface area contributed by atoms with E-state index in [9.17, 15) is 4.79 Å². The van der Waals surface area contributed by atoms with E-state index in [1.54, 1.807) is 0 Å². The molecule has 2 fully saturated rings. The van der Waals surface area contributed by atoms with Crippen molar-refractivity contribution in [1.29, 1.82) is 0 Å². The molecule has 152 valence electrons. The number of carbonyl (C=O) groups excluding carboxylic acids is 1. The molecule has 0 aromatic carbocycles. The Morgan fingerprint density at radius 3 is 2.31 bits per heavy atom. The SMILES string of the molecule is CC1CC(C)CN(CCCCNC(=O)NCCCN2CCCCC2C)C1. The summed E-state index contributed by atoms with van der Waals surface area (Å²) in [7, 11) is 0. The van der Waals surface area contributed by atoms with Gasteiger partial charge >= 0.3 is 6.03 Å². The monoisotopic (exact) mass is 366 g/mol. The molecule has 5 nitrogen and oxygen atoms in total. The third-order valence-corrected chi connectivity index (χ3v) is 5.98. The van der Waals surface area contributed by atoms with Crippen LogP contribution >= 0.6 is 0 Å². The molecule has 2 amide bonds. The van der Waals surface area contributed by atoms with Crippen LogP contribution in [-0.2, 0) is 0 Å². The topological polar surface area (TPSA) is 47.6 Å². The number of likely N-dealkylation sites (tertiary alicyclic amines) is 2. The Hall–Kier alpha value is -0.810. The van der Waals surface area contributed by atoms with E-state index in [1.165, 1.54) is 58.3 Å². The molecule has 26 heavy (non-hydrogen) atoms. The van der Waals surface area contributed by atoms with Gasteiger partial charge in [0.1, 0.15) is 0 Å². The molecule has 2 aliphatic heterocycles. The molecule has 0 saturated carbocycles. The molecule has 2 saturated heterocycles. The molecule has 2 aliphatic rings. The fourth-order valence-electron chi connectivity index (χ4n) is 4.67. The predicted molar refractivity (Wildman–Crippen MR) is 110 cm³/mol. The van der Waals surface area contributed by atoms with E-state index < -0.39 is 0 Å². The summed E-state index contributed by atoms with van der Waals surface area (Å²) in [6.07, 6.45) is 8.67. The van der Waals surface area contributed by atoms with E-state index in [0.717, 1.165) is 44.3 Å². The molecule has 2 heterocycles. The zero-order valence-corrected chi connectivity index (χ0v) is 17.4. The molecule has 0 aromatic heterocycles. The van der Waals surface area contributed by atoms with Crippen LogP contribution in [0.4, 0.5) is 4.79 Å². The third kappa shape index (κ3) is 8.26. The molecule has 3 unspecified atom stereocenters. The van der Waals surface area contributed by atoms with Crippen LogP contribution in [0, 0.1) is 11.8 Å². The van der Waals surface area contributed by atoms with Crippen molar-refractivity contribution in [2.24, 2.45) is 11.8 Å². The average Bonchev–Trinajstić information content (AvgIpc) is 2.59. The van der Waals surface area contributed by atoms with Crippen LogP contribution in [0.5, 0.6) is 0 Å². The number of hydrogen-bond donors (Lipinski definition) is 2. The molecule has 2 rings (SSSR count). The summed E-state index contributed by atoms with van der Waals surface area (Å²) in [4.78, 5) is 17.0. The Kier molecular flexibility index (Phi) is 9.76. The van der Waals surface area contributed by atoms with Crippen molar-refractivity contribution in [1.82, 2.24) is 20.4 Å². The Balaban J connectivity index is 1.42. The van der Waals surface area contributed by atoms with Gasteiger partial charge in [0.05, 0.1) is 0 Å². The maximum atomic E-state index is 11.9. The standard InChI is InChI=1S/C21H42N4O/c1-18-15-19(2)17-24(16-18)12-7-5-10-22-21(26)23-11-8-14-25-13-6-4-9-20(25)3/h18-20H,4-17H2,1-3H3,(H2,22,23,26). The van der Waals surface area contributed by atoms with Crippen LogP contribution in [-0.4, -0.2) is 67.7 Å². The van der Waals surface area contributed by atoms with Crippen LogP contribution in [0.25, 0.3) is 0 Å². The summed E-state index contributed by atoms with van der Waals surface area (Å²) in [5.74, 6) is 1.66. The summed E-state index contributed by atoms with van der Waals surface area (Å²) in [6.45, 7) is 14.6. The zero-order valence-electron chi connectivity index (χ0n) is 17.4. The van der Waals surface area contributed by atoms with E-state index in [4.69, 9.17) is 0 Å². The maximum absolute atomic E-state index is 11.9. The fourth-order valence-corrected chi connectivity index (χ4v) is 4.67. The Morgan fingerprint density at radius 2 is 1.62 bits per heavy atom. The van der Waals surface area contributed by atoms with Crippen molar-refractivity contribution >= 4 is 6.03 Å². The number of unbranched alkanes of at least 4 members (excludes halogenated alkanes) is 1. The number of nitrogens with zero attached hydrogens (tertiary/aromatic N) is 2. The van der Waals surface area contributed by atoms with Crippen molar-refractivity contribution in [3.8, 4) is 0 Å². The first-order chi connectivity index (χ1) is 12.5. The molecule has 0 spiro atoms. The fraction of sp³-hybridized carbons (Fsp3) is 0.952. The highest BCUT2D eigenvalue weighted by atomic mass is 16.2. The lowest BCUT2D eigenvalue weighted by atomic mass is 9.92. The normalized spacial score (nSPS) is 28.0. The summed E-state index contributed by atoms with van der Waals surface area (Å²) >= 11 is 0. The molecular weight excluding hydrogens is 324 g/mol. The van der Waals surface area contributed by atoms with Crippen LogP contribution in [0.15, 0.2) is 0 Å². The lowest BCUT2D eigenvalue weighted by molar-refractivity contribution is 0.139. The maximum Gasteiger partial charge on any atom is 0.314 e. The smallest absolute Gasteiger partial charge is 0.314 e. The number of hydrogen-bond acceptors (Lipinski definition) is 3. The van der Waals surface area contributed by atoms with Gasteiger partial charge in [0.25, 0.3) is 0 Å². The number of piperidine rings is 2. The highest BCUT2D eigenvalue weighted by Gasteiger charge is 2.21. The minimum atomic E-state index is -0.00286. The van der Waals surface area contributed by atoms with Crippen LogP contribution in [0.3, 0.4) is 0 Å². The Labute approximate surface area is 161 Å². The summed E-state index contributed by atoms with van der Waals surface area (Å²) in [6, 6.07) is 0.709. The number of amides is 2. The number of nitrogens with one attached hydrogen (secondary N) is 2. The average molecular weight is 367 g/mol. The first-order valence-electron chi connectivity index (χ1n) is 11.0. The van der Waals surface area contributed by atoms with Gasteiger partial charge in [-0.05, 0) is 70.4 Å². The van der Waals surface area contributed by atoms with Crippen molar-refractivity contribution in [2.75, 3.05) is 45.8 Å². The molecule has 0 aromatic rings. The van der Waals surface area contributed by atoms with Crippen molar-refractivity contribution < 1.29 is 4.79 Å². The van der Waals surface area contributed by atoms with Crippen molar-refractivity contribution in [2.45, 2.75) is 71.8 Å². The molecule has 2 N–H and O–H groups in total. The van der Waals surface area contributed by atoms with Crippen molar-refractivity contribution in [3.63, 3.8) is 0 Å². The quantitative estimate of drug-likeness (QED) is 0.616. The second-order valence-corrected chi connectivity index (χ2v) is 8.83. The predicted octanol–water partition coefficient (Wildman–Crippen LogP) is 3.31. The zero-order chi connectivity index (χ0) is 18.8. The van der Waals surface area contributed by atoms with Gasteiger partial charge in [-0.1, -0.05) is 20.3 Å². The van der Waals surface area contributed by atoms with Gasteiger partial charge in [-0.2, -0.15) is 0 Å². The molecule has 3 atom stereocenters. The van der Waals surface area contributed by atoms with Gasteiger partial charge in [0, 0.05) is 38.8 Å². The molecule has 0 bridgehead atoms. The van der Waals surface area contributed by atoms with Crippen LogP contribution in [0.1, 0.15) is 65.7 Å². The van der Waals surface area contributed by atoms with Crippen LogP contribution in [0.2, 0.25) is 0 Å². The van der Waals surface area contributed by atoms with Crippen LogP contribution < -0.4 is 10.6 Å². The van der Waals surface area contributed by atoms with Gasteiger partial charge < -0.3 is 20.4 Å². The number of carbonyl (C=O) groups is 1. The lowest BCUT2D eigenvalue weighted by Crippen LogP contribution is -2.41. The van der Waals surface area contributed by atoms with E-state index in [2.05, 4.69) is 41.2 Å². The number of urea groups is 1. The summed E-state index contributed by atoms with van der Waals surface area (Å²) < 4.78 is 0. The minimum absolute atomic E-state index is 0.00286. The van der Waals surface area contributed by atoms with E-state index in [1.807, 2.05) is 0 Å². The van der Waals surface area contributed by atoms with Gasteiger partial charge in [-0.3, -0.25) is 0 Å². The van der Waals surface area contributed by atoms with Gasteiger partial charge in [0.2, 0.25) is 0 Å². The molecule has 0 radical (unpaired) electrons. The summed E-state index contributed by atoms with van der Waals surface area (Å²) in [5.41, 5.74) is 0. The Bertz CT molecular complexity index is 393.